The molecular weight excluding hydrogens is 356 g/mol. The fourth-order valence-electron chi connectivity index (χ4n) is 4.00. The summed E-state index contributed by atoms with van der Waals surface area (Å²) < 4.78 is 7.35. The summed E-state index contributed by atoms with van der Waals surface area (Å²) in [6.07, 6.45) is 7.91. The molecule has 28 heavy (non-hydrogen) atoms. The van der Waals surface area contributed by atoms with Crippen LogP contribution in [0, 0.1) is 0 Å². The molecule has 1 saturated heterocycles. The third kappa shape index (κ3) is 3.85. The second-order valence-corrected chi connectivity index (χ2v) is 8.60. The van der Waals surface area contributed by atoms with Gasteiger partial charge in [0, 0.05) is 44.6 Å². The molecule has 2 aromatic heterocycles. The van der Waals surface area contributed by atoms with E-state index in [0.717, 1.165) is 31.6 Å². The highest BCUT2D eigenvalue weighted by atomic mass is 16.6. The Hall–Kier alpha value is -2.54. The van der Waals surface area contributed by atoms with Crippen LogP contribution in [0.4, 0.5) is 4.79 Å². The highest BCUT2D eigenvalue weighted by molar-refractivity contribution is 5.68. The van der Waals surface area contributed by atoms with Crippen LogP contribution in [0.5, 0.6) is 0 Å². The Morgan fingerprint density at radius 1 is 1.21 bits per heavy atom. The van der Waals surface area contributed by atoms with Gasteiger partial charge in [-0.15, -0.1) is 0 Å². The number of fused-ring (bicyclic) bond motifs is 1. The number of rotatable bonds is 2. The molecule has 0 aromatic carbocycles. The van der Waals surface area contributed by atoms with E-state index >= 15 is 0 Å². The van der Waals surface area contributed by atoms with Gasteiger partial charge in [0.2, 0.25) is 0 Å². The molecule has 1 atom stereocenters. The maximum absolute atomic E-state index is 12.2. The first-order valence-corrected chi connectivity index (χ1v) is 9.93. The lowest BCUT2D eigenvalue weighted by Gasteiger charge is -2.37. The van der Waals surface area contributed by atoms with E-state index in [-0.39, 0.29) is 11.7 Å². The summed E-state index contributed by atoms with van der Waals surface area (Å²) in [6.45, 7) is 8.70. The van der Waals surface area contributed by atoms with Gasteiger partial charge in [0.25, 0.3) is 5.56 Å². The van der Waals surface area contributed by atoms with Crippen molar-refractivity contribution in [2.45, 2.75) is 45.3 Å². The van der Waals surface area contributed by atoms with Crippen molar-refractivity contribution in [3.8, 4) is 0 Å². The van der Waals surface area contributed by atoms with E-state index in [2.05, 4.69) is 16.0 Å². The van der Waals surface area contributed by atoms with Gasteiger partial charge in [-0.25, -0.2) is 4.79 Å². The fraction of sp³-hybridized carbons (Fsp3) is 0.524. The maximum atomic E-state index is 12.2. The first-order chi connectivity index (χ1) is 13.3. The zero-order chi connectivity index (χ0) is 19.9. The smallest absolute Gasteiger partial charge is 0.410 e. The Kier molecular flexibility index (Phi) is 4.79. The second kappa shape index (κ2) is 7.13. The monoisotopic (exact) mass is 384 g/mol. The zero-order valence-electron chi connectivity index (χ0n) is 16.8. The molecule has 1 N–H and O–H groups in total. The van der Waals surface area contributed by atoms with Gasteiger partial charge in [0.15, 0.2) is 0 Å². The van der Waals surface area contributed by atoms with Crippen LogP contribution in [-0.4, -0.2) is 63.1 Å². The van der Waals surface area contributed by atoms with Gasteiger partial charge >= 0.3 is 6.09 Å². The van der Waals surface area contributed by atoms with Crippen LogP contribution in [0.25, 0.3) is 11.1 Å². The van der Waals surface area contributed by atoms with Gasteiger partial charge in [-0.1, -0.05) is 6.08 Å². The number of nitrogens with zero attached hydrogens (tertiary/aromatic N) is 3. The van der Waals surface area contributed by atoms with Crippen molar-refractivity contribution in [1.82, 2.24) is 19.2 Å². The molecule has 3 heterocycles. The van der Waals surface area contributed by atoms with E-state index in [1.54, 1.807) is 4.90 Å². The Morgan fingerprint density at radius 2 is 1.96 bits per heavy atom. The number of ether oxygens (including phenoxy) is 1. The molecule has 1 amide bonds. The van der Waals surface area contributed by atoms with Crippen molar-refractivity contribution >= 4 is 17.2 Å². The normalized spacial score (nSPS) is 21.2. The Morgan fingerprint density at radius 3 is 2.68 bits per heavy atom. The summed E-state index contributed by atoms with van der Waals surface area (Å²) in [6, 6.07) is 4.04. The van der Waals surface area contributed by atoms with E-state index in [1.807, 2.05) is 49.7 Å². The van der Waals surface area contributed by atoms with Crippen LogP contribution < -0.4 is 5.56 Å². The van der Waals surface area contributed by atoms with Crippen LogP contribution in [0.1, 0.15) is 39.3 Å². The quantitative estimate of drug-likeness (QED) is 0.864. The van der Waals surface area contributed by atoms with Crippen molar-refractivity contribution in [3.63, 3.8) is 0 Å². The second-order valence-electron chi connectivity index (χ2n) is 8.60. The lowest BCUT2D eigenvalue weighted by molar-refractivity contribution is 0.0123. The largest absolute Gasteiger partial charge is 0.444 e. The average Bonchev–Trinajstić information content (AvgIpc) is 3.30. The molecule has 0 radical (unpaired) electrons. The molecule has 7 heteroatoms. The SMILES string of the molecule is CC(C)(C)OC(=O)N1CCN([C@H]2C=C(c3cn4cccc4c(=O)[nH]3)CC2)CC1. The van der Waals surface area contributed by atoms with Gasteiger partial charge in [-0.2, -0.15) is 0 Å². The van der Waals surface area contributed by atoms with Crippen LogP contribution in [0.15, 0.2) is 35.4 Å². The first-order valence-electron chi connectivity index (χ1n) is 9.93. The van der Waals surface area contributed by atoms with Crippen molar-refractivity contribution < 1.29 is 9.53 Å². The third-order valence-corrected chi connectivity index (χ3v) is 5.41. The molecule has 1 fully saturated rings. The highest BCUT2D eigenvalue weighted by Gasteiger charge is 2.30. The standard InChI is InChI=1S/C21H28N4O3/c1-21(2,3)28-20(27)24-11-9-23(10-12-24)16-7-6-15(13-16)17-14-25-8-4-5-18(25)19(26)22-17/h4-5,8,13-14,16H,6-7,9-12H2,1-3H3,(H,22,26)/t16-/m1/s1. The van der Waals surface area contributed by atoms with E-state index in [4.69, 9.17) is 4.74 Å². The Bertz CT molecular complexity index is 958. The Balaban J connectivity index is 1.41. The molecule has 2 aliphatic rings. The molecule has 1 aliphatic carbocycles. The van der Waals surface area contributed by atoms with Gasteiger partial charge < -0.3 is 19.0 Å². The Labute approximate surface area is 164 Å². The predicted octanol–water partition coefficient (Wildman–Crippen LogP) is 2.73. The minimum absolute atomic E-state index is 0.0576. The highest BCUT2D eigenvalue weighted by Crippen LogP contribution is 2.30. The third-order valence-electron chi connectivity index (χ3n) is 5.41. The molecule has 0 saturated carbocycles. The summed E-state index contributed by atoms with van der Waals surface area (Å²) in [5.41, 5.74) is 2.22. The predicted molar refractivity (Wildman–Crippen MR) is 108 cm³/mol. The lowest BCUT2D eigenvalue weighted by Crippen LogP contribution is -2.52. The molecule has 0 bridgehead atoms. The van der Waals surface area contributed by atoms with E-state index in [9.17, 15) is 9.59 Å². The number of allylic oxidation sites excluding steroid dienone is 1. The van der Waals surface area contributed by atoms with E-state index in [1.165, 1.54) is 5.57 Å². The van der Waals surface area contributed by atoms with Crippen molar-refractivity contribution in [2.24, 2.45) is 0 Å². The summed E-state index contributed by atoms with van der Waals surface area (Å²) >= 11 is 0. The van der Waals surface area contributed by atoms with Gasteiger partial charge in [0.05, 0.1) is 5.69 Å². The summed E-state index contributed by atoms with van der Waals surface area (Å²) in [5.74, 6) is 0. The number of carbonyl (C=O) groups is 1. The zero-order valence-corrected chi connectivity index (χ0v) is 16.8. The number of hydrogen-bond donors (Lipinski definition) is 1. The number of H-pyrrole nitrogens is 1. The topological polar surface area (TPSA) is 70.0 Å². The molecule has 0 unspecified atom stereocenters. The molecule has 0 spiro atoms. The molecule has 7 nitrogen and oxygen atoms in total. The lowest BCUT2D eigenvalue weighted by atomic mass is 10.2. The van der Waals surface area contributed by atoms with Gasteiger partial charge in [-0.3, -0.25) is 9.69 Å². The van der Waals surface area contributed by atoms with E-state index in [0.29, 0.717) is 24.6 Å². The fourth-order valence-corrected chi connectivity index (χ4v) is 4.00. The summed E-state index contributed by atoms with van der Waals surface area (Å²) in [4.78, 5) is 31.7. The molecule has 150 valence electrons. The number of aromatic nitrogens is 2. The molecule has 1 aliphatic heterocycles. The summed E-state index contributed by atoms with van der Waals surface area (Å²) in [5, 5.41) is 0. The minimum atomic E-state index is -0.463. The number of carbonyl (C=O) groups excluding carboxylic acids is 1. The van der Waals surface area contributed by atoms with Gasteiger partial charge in [0.1, 0.15) is 11.1 Å². The van der Waals surface area contributed by atoms with Crippen LogP contribution in [-0.2, 0) is 4.74 Å². The van der Waals surface area contributed by atoms with Crippen molar-refractivity contribution in [1.29, 1.82) is 0 Å². The maximum Gasteiger partial charge on any atom is 0.410 e. The number of hydrogen-bond acceptors (Lipinski definition) is 4. The molecule has 2 aromatic rings. The van der Waals surface area contributed by atoms with Crippen LogP contribution >= 0.6 is 0 Å². The van der Waals surface area contributed by atoms with Crippen LogP contribution in [0.3, 0.4) is 0 Å². The molecule has 4 rings (SSSR count). The van der Waals surface area contributed by atoms with Crippen molar-refractivity contribution in [2.75, 3.05) is 26.2 Å². The minimum Gasteiger partial charge on any atom is -0.444 e. The molecular formula is C21H28N4O3. The average molecular weight is 384 g/mol. The number of nitrogens with one attached hydrogen (secondary N) is 1. The van der Waals surface area contributed by atoms with Crippen LogP contribution in [0.2, 0.25) is 0 Å². The van der Waals surface area contributed by atoms with Crippen molar-refractivity contribution in [3.05, 3.63) is 46.7 Å². The summed E-state index contributed by atoms with van der Waals surface area (Å²) in [7, 11) is 0. The number of piperazine rings is 1. The van der Waals surface area contributed by atoms with E-state index < -0.39 is 5.60 Å². The number of aromatic amines is 1. The first kappa shape index (κ1) is 18.8. The number of amides is 1. The van der Waals surface area contributed by atoms with Gasteiger partial charge in [-0.05, 0) is 51.3 Å².